The molecule has 1 saturated heterocycles. The number of amides is 1. The van der Waals surface area contributed by atoms with E-state index in [1.165, 1.54) is 5.56 Å². The van der Waals surface area contributed by atoms with Crippen molar-refractivity contribution in [3.05, 3.63) is 40.7 Å². The summed E-state index contributed by atoms with van der Waals surface area (Å²) in [6.07, 6.45) is 1.96. The summed E-state index contributed by atoms with van der Waals surface area (Å²) in [5, 5.41) is 4.53. The van der Waals surface area contributed by atoms with Crippen LogP contribution in [0.3, 0.4) is 0 Å². The van der Waals surface area contributed by atoms with Crippen molar-refractivity contribution < 1.29 is 14.3 Å². The van der Waals surface area contributed by atoms with Crippen LogP contribution in [0.15, 0.2) is 18.2 Å². The highest BCUT2D eigenvalue weighted by molar-refractivity contribution is 5.98. The van der Waals surface area contributed by atoms with Crippen LogP contribution in [-0.2, 0) is 7.05 Å². The Morgan fingerprint density at radius 1 is 1.24 bits per heavy atom. The van der Waals surface area contributed by atoms with E-state index in [1.807, 2.05) is 41.8 Å². The molecule has 3 heterocycles. The second-order valence-electron chi connectivity index (χ2n) is 6.69. The SMILES string of the molecule is Cc1nn(C)c(C)c1[C@H]1CCCN1C(=O)c1cccc2c1OCCO2. The molecule has 1 fully saturated rings. The lowest BCUT2D eigenvalue weighted by Gasteiger charge is -2.27. The summed E-state index contributed by atoms with van der Waals surface area (Å²) in [6, 6.07) is 5.60. The number of rotatable bonds is 2. The van der Waals surface area contributed by atoms with Gasteiger partial charge >= 0.3 is 0 Å². The third-order valence-corrected chi connectivity index (χ3v) is 5.21. The Labute approximate surface area is 147 Å². The van der Waals surface area contributed by atoms with E-state index in [4.69, 9.17) is 9.47 Å². The fourth-order valence-electron chi connectivity index (χ4n) is 3.98. The molecule has 1 aromatic carbocycles. The van der Waals surface area contributed by atoms with Crippen LogP contribution in [0.5, 0.6) is 11.5 Å². The molecule has 0 spiro atoms. The third kappa shape index (κ3) is 2.56. The number of benzene rings is 1. The Kier molecular flexibility index (Phi) is 3.90. The standard InChI is InChI=1S/C19H23N3O3/c1-12-17(13(2)21(3)20-12)15-7-5-9-22(15)19(23)14-6-4-8-16-18(14)25-11-10-24-16/h4,6,8,15H,5,7,9-11H2,1-3H3/t15-/m1/s1. The van der Waals surface area contributed by atoms with Crippen molar-refractivity contribution in [2.24, 2.45) is 7.05 Å². The molecule has 0 aliphatic carbocycles. The predicted molar refractivity (Wildman–Crippen MR) is 93.1 cm³/mol. The smallest absolute Gasteiger partial charge is 0.258 e. The van der Waals surface area contributed by atoms with Gasteiger partial charge in [0.2, 0.25) is 0 Å². The number of para-hydroxylation sites is 1. The van der Waals surface area contributed by atoms with Gasteiger partial charge in [0.15, 0.2) is 11.5 Å². The molecule has 1 atom stereocenters. The van der Waals surface area contributed by atoms with E-state index >= 15 is 0 Å². The minimum atomic E-state index is 0.00695. The quantitative estimate of drug-likeness (QED) is 0.843. The van der Waals surface area contributed by atoms with Crippen LogP contribution in [0.4, 0.5) is 0 Å². The molecule has 0 bridgehead atoms. The molecular formula is C19H23N3O3. The molecule has 1 amide bonds. The van der Waals surface area contributed by atoms with Crippen molar-refractivity contribution in [2.75, 3.05) is 19.8 Å². The second kappa shape index (κ2) is 6.10. The maximum atomic E-state index is 13.3. The topological polar surface area (TPSA) is 56.6 Å². The summed E-state index contributed by atoms with van der Waals surface area (Å²) in [5.74, 6) is 1.23. The van der Waals surface area contributed by atoms with E-state index in [-0.39, 0.29) is 11.9 Å². The monoisotopic (exact) mass is 341 g/mol. The molecule has 1 aromatic heterocycles. The molecule has 4 rings (SSSR count). The van der Waals surface area contributed by atoms with Crippen molar-refractivity contribution in [3.8, 4) is 11.5 Å². The molecule has 0 unspecified atom stereocenters. The van der Waals surface area contributed by atoms with Gasteiger partial charge in [-0.15, -0.1) is 0 Å². The van der Waals surface area contributed by atoms with Gasteiger partial charge in [0, 0.05) is 24.8 Å². The lowest BCUT2D eigenvalue weighted by molar-refractivity contribution is 0.0724. The van der Waals surface area contributed by atoms with Gasteiger partial charge in [-0.05, 0) is 38.8 Å². The number of nitrogens with zero attached hydrogens (tertiary/aromatic N) is 3. The van der Waals surface area contributed by atoms with E-state index in [0.717, 1.165) is 30.8 Å². The third-order valence-electron chi connectivity index (χ3n) is 5.21. The second-order valence-corrected chi connectivity index (χ2v) is 6.69. The van der Waals surface area contributed by atoms with Crippen LogP contribution in [0.1, 0.15) is 46.2 Å². The van der Waals surface area contributed by atoms with Gasteiger partial charge in [-0.3, -0.25) is 9.48 Å². The lowest BCUT2D eigenvalue weighted by atomic mass is 10.0. The Balaban J connectivity index is 1.70. The van der Waals surface area contributed by atoms with Crippen molar-refractivity contribution in [2.45, 2.75) is 32.7 Å². The van der Waals surface area contributed by atoms with E-state index in [1.54, 1.807) is 0 Å². The van der Waals surface area contributed by atoms with Crippen LogP contribution < -0.4 is 9.47 Å². The summed E-state index contributed by atoms with van der Waals surface area (Å²) in [4.78, 5) is 15.3. The molecular weight excluding hydrogens is 318 g/mol. The Bertz CT molecular complexity index is 828. The molecule has 2 aromatic rings. The van der Waals surface area contributed by atoms with Gasteiger partial charge in [-0.1, -0.05) is 6.07 Å². The zero-order chi connectivity index (χ0) is 17.6. The summed E-state index contributed by atoms with van der Waals surface area (Å²) in [5.41, 5.74) is 3.88. The molecule has 2 aliphatic heterocycles. The zero-order valence-electron chi connectivity index (χ0n) is 14.9. The van der Waals surface area contributed by atoms with Gasteiger partial charge in [-0.25, -0.2) is 0 Å². The minimum Gasteiger partial charge on any atom is -0.486 e. The van der Waals surface area contributed by atoms with Crippen LogP contribution >= 0.6 is 0 Å². The fraction of sp³-hybridized carbons (Fsp3) is 0.474. The van der Waals surface area contributed by atoms with Gasteiger partial charge < -0.3 is 14.4 Å². The van der Waals surface area contributed by atoms with Crippen molar-refractivity contribution in [1.82, 2.24) is 14.7 Å². The first-order chi connectivity index (χ1) is 12.1. The van der Waals surface area contributed by atoms with Gasteiger partial charge in [0.1, 0.15) is 13.2 Å². The Morgan fingerprint density at radius 3 is 2.80 bits per heavy atom. The fourth-order valence-corrected chi connectivity index (χ4v) is 3.98. The summed E-state index contributed by atoms with van der Waals surface area (Å²) in [7, 11) is 1.95. The molecule has 0 N–H and O–H groups in total. The number of likely N-dealkylation sites (tertiary alicyclic amines) is 1. The van der Waals surface area contributed by atoms with Crippen LogP contribution in [0.2, 0.25) is 0 Å². The van der Waals surface area contributed by atoms with Crippen molar-refractivity contribution in [3.63, 3.8) is 0 Å². The average Bonchev–Trinajstić information content (AvgIpc) is 3.18. The Morgan fingerprint density at radius 2 is 2.04 bits per heavy atom. The van der Waals surface area contributed by atoms with E-state index < -0.39 is 0 Å². The molecule has 6 heteroatoms. The summed E-state index contributed by atoms with van der Waals surface area (Å²) in [6.45, 7) is 5.83. The number of fused-ring (bicyclic) bond motifs is 1. The number of hydrogen-bond donors (Lipinski definition) is 0. The van der Waals surface area contributed by atoms with Crippen LogP contribution in [0.25, 0.3) is 0 Å². The molecule has 0 radical (unpaired) electrons. The van der Waals surface area contributed by atoms with E-state index in [0.29, 0.717) is 30.3 Å². The van der Waals surface area contributed by atoms with Gasteiger partial charge in [0.25, 0.3) is 5.91 Å². The Hall–Kier alpha value is -2.50. The van der Waals surface area contributed by atoms with Crippen LogP contribution in [-0.4, -0.2) is 40.3 Å². The molecule has 0 saturated carbocycles. The molecule has 132 valence electrons. The number of carbonyl (C=O) groups excluding carboxylic acids is 1. The summed E-state index contributed by atoms with van der Waals surface area (Å²) < 4.78 is 13.3. The first kappa shape index (κ1) is 16.0. The van der Waals surface area contributed by atoms with Crippen molar-refractivity contribution >= 4 is 5.91 Å². The predicted octanol–water partition coefficient (Wildman–Crippen LogP) is 2.79. The average molecular weight is 341 g/mol. The number of hydrogen-bond acceptors (Lipinski definition) is 4. The maximum absolute atomic E-state index is 13.3. The highest BCUT2D eigenvalue weighted by Gasteiger charge is 2.35. The van der Waals surface area contributed by atoms with E-state index in [9.17, 15) is 4.79 Å². The van der Waals surface area contributed by atoms with Gasteiger partial charge in [0.05, 0.1) is 17.3 Å². The first-order valence-electron chi connectivity index (χ1n) is 8.77. The summed E-state index contributed by atoms with van der Waals surface area (Å²) >= 11 is 0. The number of carbonyl (C=O) groups is 1. The highest BCUT2D eigenvalue weighted by Crippen LogP contribution is 2.39. The molecule has 2 aliphatic rings. The molecule has 25 heavy (non-hydrogen) atoms. The largest absolute Gasteiger partial charge is 0.486 e. The van der Waals surface area contributed by atoms with Crippen LogP contribution in [0, 0.1) is 13.8 Å². The minimum absolute atomic E-state index is 0.00695. The zero-order valence-corrected chi connectivity index (χ0v) is 14.9. The molecule has 6 nitrogen and oxygen atoms in total. The first-order valence-corrected chi connectivity index (χ1v) is 8.77. The van der Waals surface area contributed by atoms with Gasteiger partial charge in [-0.2, -0.15) is 5.10 Å². The maximum Gasteiger partial charge on any atom is 0.258 e. The normalized spacial score (nSPS) is 19.3. The van der Waals surface area contributed by atoms with Crippen molar-refractivity contribution in [1.29, 1.82) is 0 Å². The lowest BCUT2D eigenvalue weighted by Crippen LogP contribution is -2.32. The number of ether oxygens (including phenoxy) is 2. The number of aryl methyl sites for hydroxylation is 2. The van der Waals surface area contributed by atoms with E-state index in [2.05, 4.69) is 12.0 Å². The highest BCUT2D eigenvalue weighted by atomic mass is 16.6. The number of aromatic nitrogens is 2.